The number of aromatic nitrogens is 1. The summed E-state index contributed by atoms with van der Waals surface area (Å²) in [5.41, 5.74) is 2.83. The van der Waals surface area contributed by atoms with Crippen molar-refractivity contribution in [2.75, 3.05) is 0 Å². The van der Waals surface area contributed by atoms with Crippen LogP contribution in [0.3, 0.4) is 0 Å². The van der Waals surface area contributed by atoms with Gasteiger partial charge in [0, 0.05) is 17.2 Å². The molecule has 0 unspecified atom stereocenters. The Morgan fingerprint density at radius 3 is 2.89 bits per heavy atom. The number of hydrogen-bond acceptors (Lipinski definition) is 4. The van der Waals surface area contributed by atoms with Gasteiger partial charge in [0.05, 0.1) is 4.92 Å². The van der Waals surface area contributed by atoms with Crippen molar-refractivity contribution in [1.29, 1.82) is 0 Å². The molecular formula is C14H12N2O2S. The lowest BCUT2D eigenvalue weighted by atomic mass is 10.1. The smallest absolute Gasteiger partial charge is 0.258 e. The average Bonchev–Trinajstić information content (AvgIpc) is 2.86. The van der Waals surface area contributed by atoms with Crippen molar-refractivity contribution in [2.45, 2.75) is 29.2 Å². The summed E-state index contributed by atoms with van der Waals surface area (Å²) >= 11 is 1.36. The average molecular weight is 272 g/mol. The largest absolute Gasteiger partial charge is 0.301 e. The Hall–Kier alpha value is -1.88. The quantitative estimate of drug-likeness (QED) is 0.632. The second kappa shape index (κ2) is 5.01. The number of nitro groups is 1. The molecule has 4 nitrogen and oxygen atoms in total. The van der Waals surface area contributed by atoms with E-state index in [-0.39, 0.29) is 10.6 Å². The topological polar surface area (TPSA) is 56.0 Å². The van der Waals surface area contributed by atoms with E-state index in [9.17, 15) is 10.1 Å². The molecule has 1 aromatic carbocycles. The maximum absolute atomic E-state index is 11.0. The minimum absolute atomic E-state index is 0.0630. The first-order valence-electron chi connectivity index (χ1n) is 6.13. The molecular weight excluding hydrogens is 260 g/mol. The van der Waals surface area contributed by atoms with Gasteiger partial charge in [0.1, 0.15) is 0 Å². The van der Waals surface area contributed by atoms with E-state index in [1.54, 1.807) is 12.3 Å². The fraction of sp³-hybridized carbons (Fsp3) is 0.214. The first-order valence-corrected chi connectivity index (χ1v) is 6.95. The highest BCUT2D eigenvalue weighted by Gasteiger charge is 2.17. The Morgan fingerprint density at radius 2 is 2.05 bits per heavy atom. The fourth-order valence-electron chi connectivity index (χ4n) is 2.32. The highest BCUT2D eigenvalue weighted by molar-refractivity contribution is 7.99. The first-order chi connectivity index (χ1) is 9.24. The molecule has 96 valence electrons. The molecule has 0 atom stereocenters. The number of rotatable bonds is 3. The van der Waals surface area contributed by atoms with Gasteiger partial charge in [0.15, 0.2) is 5.03 Å². The standard InChI is InChI=1S/C14H12N2O2S/c17-16(18)13-5-2-8-15-14(13)19-12-7-6-10-3-1-4-11(10)9-12/h2,5-9H,1,3-4H2. The molecule has 2 aromatic rings. The van der Waals surface area contributed by atoms with Gasteiger partial charge >= 0.3 is 5.69 Å². The van der Waals surface area contributed by atoms with Crippen molar-refractivity contribution >= 4 is 17.4 Å². The molecule has 0 radical (unpaired) electrons. The highest BCUT2D eigenvalue weighted by atomic mass is 32.2. The van der Waals surface area contributed by atoms with Gasteiger partial charge < -0.3 is 0 Å². The number of aryl methyl sites for hydroxylation is 2. The fourth-order valence-corrected chi connectivity index (χ4v) is 3.24. The van der Waals surface area contributed by atoms with Crippen LogP contribution in [0.5, 0.6) is 0 Å². The maximum Gasteiger partial charge on any atom is 0.301 e. The van der Waals surface area contributed by atoms with E-state index in [4.69, 9.17) is 0 Å². The monoisotopic (exact) mass is 272 g/mol. The van der Waals surface area contributed by atoms with Gasteiger partial charge in [-0.15, -0.1) is 0 Å². The second-order valence-electron chi connectivity index (χ2n) is 4.47. The summed E-state index contributed by atoms with van der Waals surface area (Å²) in [7, 11) is 0. The number of pyridine rings is 1. The van der Waals surface area contributed by atoms with Gasteiger partial charge in [-0.25, -0.2) is 4.98 Å². The van der Waals surface area contributed by atoms with Crippen LogP contribution in [-0.2, 0) is 12.8 Å². The van der Waals surface area contributed by atoms with Gasteiger partial charge in [0.25, 0.3) is 0 Å². The molecule has 3 rings (SSSR count). The summed E-state index contributed by atoms with van der Waals surface area (Å²) in [4.78, 5) is 15.7. The molecule has 1 aliphatic carbocycles. The summed E-state index contributed by atoms with van der Waals surface area (Å²) in [6.45, 7) is 0. The van der Waals surface area contributed by atoms with Crippen molar-refractivity contribution in [3.05, 3.63) is 57.8 Å². The van der Waals surface area contributed by atoms with Gasteiger partial charge in [0.2, 0.25) is 0 Å². The number of fused-ring (bicyclic) bond motifs is 1. The molecule has 0 spiro atoms. The van der Waals surface area contributed by atoms with Crippen LogP contribution >= 0.6 is 11.8 Å². The van der Waals surface area contributed by atoms with E-state index in [2.05, 4.69) is 17.1 Å². The predicted octanol–water partition coefficient (Wildman–Crippen LogP) is 3.63. The minimum Gasteiger partial charge on any atom is -0.258 e. The number of benzene rings is 1. The molecule has 19 heavy (non-hydrogen) atoms. The normalized spacial score (nSPS) is 13.3. The highest BCUT2D eigenvalue weighted by Crippen LogP contribution is 2.35. The molecule has 0 bridgehead atoms. The Kier molecular flexibility index (Phi) is 3.21. The molecule has 5 heteroatoms. The summed E-state index contributed by atoms with van der Waals surface area (Å²) in [5, 5.41) is 11.4. The second-order valence-corrected chi connectivity index (χ2v) is 5.53. The van der Waals surface area contributed by atoms with Crippen LogP contribution in [0.4, 0.5) is 5.69 Å². The van der Waals surface area contributed by atoms with E-state index in [1.807, 2.05) is 6.07 Å². The van der Waals surface area contributed by atoms with Gasteiger partial charge in [-0.05, 0) is 48.6 Å². The van der Waals surface area contributed by atoms with Crippen LogP contribution in [0.2, 0.25) is 0 Å². The molecule has 0 fully saturated rings. The molecule has 0 amide bonds. The first kappa shape index (κ1) is 12.2. The van der Waals surface area contributed by atoms with Crippen molar-refractivity contribution < 1.29 is 4.92 Å². The van der Waals surface area contributed by atoms with Crippen LogP contribution in [0.1, 0.15) is 17.5 Å². The van der Waals surface area contributed by atoms with Crippen molar-refractivity contribution in [2.24, 2.45) is 0 Å². The van der Waals surface area contributed by atoms with Crippen LogP contribution in [0.25, 0.3) is 0 Å². The zero-order valence-electron chi connectivity index (χ0n) is 10.2. The third kappa shape index (κ3) is 2.46. The Balaban J connectivity index is 1.91. The van der Waals surface area contributed by atoms with E-state index < -0.39 is 0 Å². The summed E-state index contributed by atoms with van der Waals surface area (Å²) < 4.78 is 0. The number of hydrogen-bond donors (Lipinski definition) is 0. The van der Waals surface area contributed by atoms with Crippen LogP contribution < -0.4 is 0 Å². The Morgan fingerprint density at radius 1 is 1.21 bits per heavy atom. The van der Waals surface area contributed by atoms with Crippen LogP contribution in [-0.4, -0.2) is 9.91 Å². The molecule has 1 aliphatic rings. The van der Waals surface area contributed by atoms with E-state index in [0.29, 0.717) is 5.03 Å². The third-order valence-electron chi connectivity index (χ3n) is 3.23. The summed E-state index contributed by atoms with van der Waals surface area (Å²) in [6, 6.07) is 9.35. The van der Waals surface area contributed by atoms with Crippen LogP contribution in [0.15, 0.2) is 46.5 Å². The molecule has 0 N–H and O–H groups in total. The molecule has 1 aromatic heterocycles. The summed E-state index contributed by atoms with van der Waals surface area (Å²) in [6.07, 6.45) is 5.04. The lowest BCUT2D eigenvalue weighted by Crippen LogP contribution is -1.92. The van der Waals surface area contributed by atoms with Gasteiger partial charge in [-0.2, -0.15) is 0 Å². The Bertz CT molecular complexity index is 643. The van der Waals surface area contributed by atoms with E-state index >= 15 is 0 Å². The van der Waals surface area contributed by atoms with Gasteiger partial charge in [-0.1, -0.05) is 17.8 Å². The van der Waals surface area contributed by atoms with E-state index in [0.717, 1.165) is 17.7 Å². The zero-order valence-corrected chi connectivity index (χ0v) is 11.0. The predicted molar refractivity (Wildman–Crippen MR) is 73.5 cm³/mol. The van der Waals surface area contributed by atoms with Crippen molar-refractivity contribution in [3.63, 3.8) is 0 Å². The summed E-state index contributed by atoms with van der Waals surface area (Å²) in [5.74, 6) is 0. The molecule has 0 saturated carbocycles. The van der Waals surface area contributed by atoms with Crippen molar-refractivity contribution in [1.82, 2.24) is 4.98 Å². The maximum atomic E-state index is 11.0. The molecule has 0 aliphatic heterocycles. The Labute approximate surface area is 115 Å². The SMILES string of the molecule is O=[N+]([O-])c1cccnc1Sc1ccc2c(c1)CCC2. The van der Waals surface area contributed by atoms with Gasteiger partial charge in [-0.3, -0.25) is 10.1 Å². The lowest BCUT2D eigenvalue weighted by Gasteiger charge is -2.04. The van der Waals surface area contributed by atoms with E-state index in [1.165, 1.54) is 35.4 Å². The zero-order chi connectivity index (χ0) is 13.2. The minimum atomic E-state index is -0.386. The lowest BCUT2D eigenvalue weighted by molar-refractivity contribution is -0.388. The molecule has 0 saturated heterocycles. The van der Waals surface area contributed by atoms with Crippen LogP contribution in [0, 0.1) is 10.1 Å². The molecule has 1 heterocycles. The third-order valence-corrected chi connectivity index (χ3v) is 4.23. The van der Waals surface area contributed by atoms with Crippen molar-refractivity contribution in [3.8, 4) is 0 Å². The number of nitrogens with zero attached hydrogens (tertiary/aromatic N) is 2.